The van der Waals surface area contributed by atoms with Crippen molar-refractivity contribution in [2.24, 2.45) is 0 Å². The number of carbonyl (C=O) groups is 1. The number of ether oxygens (including phenoxy) is 1. The highest BCUT2D eigenvalue weighted by molar-refractivity contribution is 9.10. The molecule has 90 valence electrons. The molecule has 1 heterocycles. The molecule has 0 spiro atoms. The monoisotopic (exact) mass is 301 g/mol. The van der Waals surface area contributed by atoms with E-state index < -0.39 is 16.8 Å². The molecule has 0 aromatic heterocycles. The van der Waals surface area contributed by atoms with Gasteiger partial charge >= 0.3 is 5.69 Å². The molecule has 1 N–H and O–H groups in total. The van der Waals surface area contributed by atoms with Crippen molar-refractivity contribution in [1.29, 1.82) is 0 Å². The van der Waals surface area contributed by atoms with Gasteiger partial charge in [-0.2, -0.15) is 0 Å². The van der Waals surface area contributed by atoms with Gasteiger partial charge in [0.25, 0.3) is 0 Å². The van der Waals surface area contributed by atoms with Crippen LogP contribution in [-0.4, -0.2) is 22.4 Å². The van der Waals surface area contributed by atoms with Crippen LogP contribution in [-0.2, 0) is 11.2 Å². The first-order valence-electron chi connectivity index (χ1n) is 4.83. The lowest BCUT2D eigenvalue weighted by Crippen LogP contribution is -2.13. The number of nitrogens with zero attached hydrogens (tertiary/aromatic N) is 1. The Bertz CT molecular complexity index is 502. The Hall–Kier alpha value is -1.63. The van der Waals surface area contributed by atoms with Gasteiger partial charge in [-0.3, -0.25) is 10.1 Å². The minimum absolute atomic E-state index is 0.166. The Morgan fingerprint density at radius 1 is 1.71 bits per heavy atom. The van der Waals surface area contributed by atoms with E-state index in [-0.39, 0.29) is 18.5 Å². The van der Waals surface area contributed by atoms with Crippen LogP contribution in [0.15, 0.2) is 10.5 Å². The topological polar surface area (TPSA) is 89.7 Å². The highest BCUT2D eigenvalue weighted by atomic mass is 79.9. The van der Waals surface area contributed by atoms with Gasteiger partial charge in [0.15, 0.2) is 5.75 Å². The van der Waals surface area contributed by atoms with Gasteiger partial charge < -0.3 is 14.6 Å². The highest BCUT2D eigenvalue weighted by Crippen LogP contribution is 2.46. The van der Waals surface area contributed by atoms with Crippen molar-refractivity contribution in [2.75, 3.05) is 0 Å². The number of fused-ring (bicyclic) bond motifs is 1. The third kappa shape index (κ3) is 1.97. The lowest BCUT2D eigenvalue weighted by atomic mass is 10.1. The van der Waals surface area contributed by atoms with E-state index in [2.05, 4.69) is 15.9 Å². The number of hydrogen-bond donors (Lipinski definition) is 1. The Labute approximate surface area is 104 Å². The van der Waals surface area contributed by atoms with E-state index in [9.17, 15) is 20.0 Å². The van der Waals surface area contributed by atoms with Crippen molar-refractivity contribution in [1.82, 2.24) is 0 Å². The Morgan fingerprint density at radius 2 is 2.41 bits per heavy atom. The van der Waals surface area contributed by atoms with Crippen LogP contribution in [0, 0.1) is 10.1 Å². The van der Waals surface area contributed by atoms with Crippen molar-refractivity contribution in [3.05, 3.63) is 26.2 Å². The summed E-state index contributed by atoms with van der Waals surface area (Å²) in [6.45, 7) is 0. The summed E-state index contributed by atoms with van der Waals surface area (Å²) in [5, 5.41) is 20.4. The molecular weight excluding hydrogens is 294 g/mol. The molecule has 0 saturated carbocycles. The molecule has 0 bridgehead atoms. The second-order valence-electron chi connectivity index (χ2n) is 3.64. The highest BCUT2D eigenvalue weighted by Gasteiger charge is 2.34. The van der Waals surface area contributed by atoms with Crippen molar-refractivity contribution >= 4 is 27.9 Å². The van der Waals surface area contributed by atoms with Crippen molar-refractivity contribution in [3.63, 3.8) is 0 Å². The number of hydrogen-bond acceptors (Lipinski definition) is 5. The second kappa shape index (κ2) is 4.33. The molecule has 6 nitrogen and oxygen atoms in total. The van der Waals surface area contributed by atoms with Gasteiger partial charge in [-0.15, -0.1) is 0 Å². The van der Waals surface area contributed by atoms with Crippen molar-refractivity contribution in [2.45, 2.75) is 18.9 Å². The fourth-order valence-corrected chi connectivity index (χ4v) is 2.41. The zero-order valence-corrected chi connectivity index (χ0v) is 10.1. The molecule has 17 heavy (non-hydrogen) atoms. The predicted octanol–water partition coefficient (Wildman–Crippen LogP) is 1.96. The lowest BCUT2D eigenvalue weighted by Gasteiger charge is -2.07. The quantitative estimate of drug-likeness (QED) is 0.523. The Kier molecular flexibility index (Phi) is 3.01. The average molecular weight is 302 g/mol. The number of phenols is 1. The smallest absolute Gasteiger partial charge is 0.317 e. The number of phenolic OH excluding ortho intramolecular Hbond substituents is 1. The van der Waals surface area contributed by atoms with E-state index in [0.29, 0.717) is 22.1 Å². The molecule has 1 aromatic rings. The van der Waals surface area contributed by atoms with E-state index in [0.717, 1.165) is 0 Å². The summed E-state index contributed by atoms with van der Waals surface area (Å²) in [5.74, 6) is -0.0719. The molecule has 0 saturated heterocycles. The first kappa shape index (κ1) is 11.8. The maximum Gasteiger partial charge on any atom is 0.317 e. The van der Waals surface area contributed by atoms with Crippen LogP contribution in [0.4, 0.5) is 5.69 Å². The van der Waals surface area contributed by atoms with Gasteiger partial charge in [0.1, 0.15) is 18.1 Å². The number of aldehydes is 1. The van der Waals surface area contributed by atoms with E-state index in [1.807, 2.05) is 0 Å². The molecule has 0 aliphatic carbocycles. The lowest BCUT2D eigenvalue weighted by molar-refractivity contribution is -0.386. The van der Waals surface area contributed by atoms with E-state index >= 15 is 0 Å². The first-order valence-corrected chi connectivity index (χ1v) is 5.63. The number of aromatic hydroxyl groups is 1. The largest absolute Gasteiger partial charge is 0.502 e. The van der Waals surface area contributed by atoms with Crippen LogP contribution >= 0.6 is 15.9 Å². The fraction of sp³-hybridized carbons (Fsp3) is 0.300. The molecule has 2 rings (SSSR count). The van der Waals surface area contributed by atoms with E-state index in [4.69, 9.17) is 4.74 Å². The molecular formula is C10H8BrNO5. The maximum atomic E-state index is 10.9. The van der Waals surface area contributed by atoms with Gasteiger partial charge in [-0.1, -0.05) is 0 Å². The number of carbonyl (C=O) groups excluding carboxylic acids is 1. The molecule has 7 heteroatoms. The summed E-state index contributed by atoms with van der Waals surface area (Å²) in [4.78, 5) is 20.6. The minimum atomic E-state index is -0.646. The normalized spacial score (nSPS) is 17.4. The fourth-order valence-electron chi connectivity index (χ4n) is 1.86. The number of nitro groups is 1. The summed E-state index contributed by atoms with van der Waals surface area (Å²) < 4.78 is 5.88. The molecule has 1 atom stereocenters. The van der Waals surface area contributed by atoms with Gasteiger partial charge in [0.05, 0.1) is 15.0 Å². The van der Waals surface area contributed by atoms with Gasteiger partial charge in [0, 0.05) is 18.9 Å². The molecule has 1 unspecified atom stereocenters. The number of benzene rings is 1. The Balaban J connectivity index is 2.51. The number of nitro benzene ring substituents is 1. The predicted molar refractivity (Wildman–Crippen MR) is 61.3 cm³/mol. The summed E-state index contributed by atoms with van der Waals surface area (Å²) in [5.41, 5.74) is -0.0228. The molecule has 1 aromatic carbocycles. The minimum Gasteiger partial charge on any atom is -0.502 e. The van der Waals surface area contributed by atoms with Crippen molar-refractivity contribution < 1.29 is 19.6 Å². The summed E-state index contributed by atoms with van der Waals surface area (Å²) in [6, 6.07) is 1.22. The molecule has 0 fully saturated rings. The number of halogens is 1. The van der Waals surface area contributed by atoms with Gasteiger partial charge in [-0.25, -0.2) is 0 Å². The van der Waals surface area contributed by atoms with E-state index in [1.54, 1.807) is 0 Å². The standard InChI is InChI=1S/C10H8BrNO5/c11-7-4-8(14)9(12(15)16)6-3-5(1-2-13)17-10(6)7/h2,4-5,14H,1,3H2. The molecule has 0 radical (unpaired) electrons. The molecule has 1 aliphatic rings. The summed E-state index contributed by atoms with van der Waals surface area (Å²) >= 11 is 3.16. The average Bonchev–Trinajstić information content (AvgIpc) is 2.61. The zero-order chi connectivity index (χ0) is 12.6. The molecule has 0 amide bonds. The third-order valence-corrected chi connectivity index (χ3v) is 3.13. The molecule has 1 aliphatic heterocycles. The van der Waals surface area contributed by atoms with Gasteiger partial charge in [0.2, 0.25) is 0 Å². The number of rotatable bonds is 3. The van der Waals surface area contributed by atoms with E-state index in [1.165, 1.54) is 6.07 Å². The van der Waals surface area contributed by atoms with Crippen LogP contribution < -0.4 is 4.74 Å². The van der Waals surface area contributed by atoms with Crippen molar-refractivity contribution in [3.8, 4) is 11.5 Å². The SMILES string of the molecule is O=CCC1Cc2c(c(Br)cc(O)c2[N+](=O)[O-])O1. The third-order valence-electron chi connectivity index (χ3n) is 2.54. The van der Waals surface area contributed by atoms with Crippen LogP contribution in [0.3, 0.4) is 0 Å². The first-order chi connectivity index (χ1) is 8.04. The van der Waals surface area contributed by atoms with Crippen LogP contribution in [0.2, 0.25) is 0 Å². The maximum absolute atomic E-state index is 10.9. The summed E-state index contributed by atoms with van der Waals surface area (Å²) in [7, 11) is 0. The summed E-state index contributed by atoms with van der Waals surface area (Å²) in [6.07, 6.45) is 0.714. The Morgan fingerprint density at radius 3 is 3.00 bits per heavy atom. The zero-order valence-electron chi connectivity index (χ0n) is 8.55. The van der Waals surface area contributed by atoms with Crippen LogP contribution in [0.5, 0.6) is 11.5 Å². The van der Waals surface area contributed by atoms with Crippen LogP contribution in [0.1, 0.15) is 12.0 Å². The second-order valence-corrected chi connectivity index (χ2v) is 4.49. The van der Waals surface area contributed by atoms with Gasteiger partial charge in [-0.05, 0) is 15.9 Å². The van der Waals surface area contributed by atoms with Crippen LogP contribution in [0.25, 0.3) is 0 Å².